The molecule has 2 aliphatic rings. The summed E-state index contributed by atoms with van der Waals surface area (Å²) < 4.78 is 10.8. The molecule has 1 aromatic rings. The Labute approximate surface area is 108 Å². The monoisotopic (exact) mass is 248 g/mol. The number of hydrogen-bond acceptors (Lipinski definition) is 4. The van der Waals surface area contributed by atoms with Crippen molar-refractivity contribution in [2.75, 3.05) is 33.0 Å². The van der Waals surface area contributed by atoms with E-state index in [-0.39, 0.29) is 0 Å². The minimum Gasteiger partial charge on any atom is -0.454 e. The fourth-order valence-corrected chi connectivity index (χ4v) is 2.84. The quantitative estimate of drug-likeness (QED) is 0.881. The number of likely N-dealkylation sites (tertiary alicyclic amines) is 1. The molecule has 0 bridgehead atoms. The molecule has 0 amide bonds. The van der Waals surface area contributed by atoms with E-state index in [0.29, 0.717) is 12.7 Å². The van der Waals surface area contributed by atoms with Gasteiger partial charge in [0.2, 0.25) is 6.79 Å². The highest BCUT2D eigenvalue weighted by atomic mass is 16.7. The first-order valence-electron chi connectivity index (χ1n) is 6.69. The molecule has 4 nitrogen and oxygen atoms in total. The van der Waals surface area contributed by atoms with Crippen molar-refractivity contribution in [3.8, 4) is 11.5 Å². The Morgan fingerprint density at radius 3 is 2.72 bits per heavy atom. The maximum atomic E-state index is 5.59. The number of rotatable bonds is 3. The summed E-state index contributed by atoms with van der Waals surface area (Å²) >= 11 is 0. The van der Waals surface area contributed by atoms with Crippen molar-refractivity contribution in [1.82, 2.24) is 4.90 Å². The topological polar surface area (TPSA) is 47.7 Å². The molecule has 0 spiro atoms. The van der Waals surface area contributed by atoms with Crippen molar-refractivity contribution in [2.45, 2.75) is 18.8 Å². The van der Waals surface area contributed by atoms with Crippen LogP contribution in [0.2, 0.25) is 0 Å². The van der Waals surface area contributed by atoms with E-state index in [0.717, 1.165) is 37.7 Å². The van der Waals surface area contributed by atoms with Gasteiger partial charge in [-0.1, -0.05) is 6.07 Å². The molecule has 0 aromatic heterocycles. The summed E-state index contributed by atoms with van der Waals surface area (Å²) in [5.41, 5.74) is 6.98. The van der Waals surface area contributed by atoms with Crippen molar-refractivity contribution >= 4 is 0 Å². The zero-order valence-corrected chi connectivity index (χ0v) is 10.6. The summed E-state index contributed by atoms with van der Waals surface area (Å²) in [6.07, 6.45) is 2.42. The van der Waals surface area contributed by atoms with Crippen LogP contribution in [0.15, 0.2) is 18.2 Å². The van der Waals surface area contributed by atoms with Crippen molar-refractivity contribution in [1.29, 1.82) is 0 Å². The lowest BCUT2D eigenvalue weighted by atomic mass is 9.89. The van der Waals surface area contributed by atoms with Gasteiger partial charge in [0.15, 0.2) is 11.5 Å². The molecule has 2 heterocycles. The van der Waals surface area contributed by atoms with Gasteiger partial charge in [-0.2, -0.15) is 0 Å². The molecule has 0 atom stereocenters. The zero-order valence-electron chi connectivity index (χ0n) is 10.6. The van der Waals surface area contributed by atoms with Crippen LogP contribution in [-0.2, 0) is 0 Å². The fraction of sp³-hybridized carbons (Fsp3) is 0.571. The van der Waals surface area contributed by atoms with Crippen LogP contribution in [0.5, 0.6) is 11.5 Å². The van der Waals surface area contributed by atoms with E-state index in [4.69, 9.17) is 15.2 Å². The molecule has 0 radical (unpaired) electrons. The van der Waals surface area contributed by atoms with Crippen LogP contribution in [-0.4, -0.2) is 37.9 Å². The number of benzene rings is 1. The largest absolute Gasteiger partial charge is 0.454 e. The van der Waals surface area contributed by atoms with Gasteiger partial charge in [0, 0.05) is 13.1 Å². The maximum absolute atomic E-state index is 5.59. The Hall–Kier alpha value is -1.26. The number of nitrogens with two attached hydrogens (primary N) is 1. The van der Waals surface area contributed by atoms with Gasteiger partial charge in [0.25, 0.3) is 0 Å². The number of fused-ring (bicyclic) bond motifs is 1. The molecule has 1 aromatic carbocycles. The number of ether oxygens (including phenoxy) is 2. The molecular weight excluding hydrogens is 228 g/mol. The number of nitrogens with zero attached hydrogens (tertiary/aromatic N) is 1. The highest BCUT2D eigenvalue weighted by molar-refractivity contribution is 5.45. The predicted octanol–water partition coefficient (Wildman–Crippen LogP) is 1.55. The molecule has 1 fully saturated rings. The Morgan fingerprint density at radius 1 is 1.17 bits per heavy atom. The van der Waals surface area contributed by atoms with Gasteiger partial charge >= 0.3 is 0 Å². The second-order valence-corrected chi connectivity index (χ2v) is 5.02. The molecule has 0 saturated carbocycles. The van der Waals surface area contributed by atoms with Gasteiger partial charge < -0.3 is 20.1 Å². The molecular formula is C14H20N2O2. The maximum Gasteiger partial charge on any atom is 0.231 e. The summed E-state index contributed by atoms with van der Waals surface area (Å²) in [6, 6.07) is 6.35. The second kappa shape index (κ2) is 5.16. The van der Waals surface area contributed by atoms with E-state index in [1.807, 2.05) is 6.07 Å². The zero-order chi connectivity index (χ0) is 12.4. The number of piperidine rings is 1. The molecule has 0 unspecified atom stereocenters. The summed E-state index contributed by atoms with van der Waals surface area (Å²) in [7, 11) is 0. The van der Waals surface area contributed by atoms with Gasteiger partial charge in [-0.15, -0.1) is 0 Å². The first-order chi connectivity index (χ1) is 8.86. The van der Waals surface area contributed by atoms with Crippen LogP contribution in [0.4, 0.5) is 0 Å². The van der Waals surface area contributed by atoms with Crippen molar-refractivity contribution < 1.29 is 9.47 Å². The SMILES string of the molecule is NCCN1CCC(c2ccc3c(c2)OCO3)CC1. The predicted molar refractivity (Wildman–Crippen MR) is 70.0 cm³/mol. The van der Waals surface area contributed by atoms with E-state index in [1.54, 1.807) is 0 Å². The van der Waals surface area contributed by atoms with E-state index < -0.39 is 0 Å². The average Bonchev–Trinajstić information content (AvgIpc) is 2.87. The third-order valence-corrected chi connectivity index (χ3v) is 3.90. The van der Waals surface area contributed by atoms with Crippen LogP contribution in [0, 0.1) is 0 Å². The number of hydrogen-bond donors (Lipinski definition) is 1. The molecule has 0 aliphatic carbocycles. The summed E-state index contributed by atoms with van der Waals surface area (Å²) in [4.78, 5) is 2.45. The van der Waals surface area contributed by atoms with Crippen LogP contribution in [0.3, 0.4) is 0 Å². The lowest BCUT2D eigenvalue weighted by Crippen LogP contribution is -2.36. The van der Waals surface area contributed by atoms with Crippen molar-refractivity contribution in [3.05, 3.63) is 23.8 Å². The van der Waals surface area contributed by atoms with Crippen LogP contribution >= 0.6 is 0 Å². The second-order valence-electron chi connectivity index (χ2n) is 5.02. The standard InChI is InChI=1S/C14H20N2O2/c15-5-8-16-6-3-11(4-7-16)12-1-2-13-14(9-12)18-10-17-13/h1-2,9,11H,3-8,10,15H2. The van der Waals surface area contributed by atoms with Gasteiger partial charge in [0.1, 0.15) is 0 Å². The molecule has 3 rings (SSSR count). The van der Waals surface area contributed by atoms with Crippen molar-refractivity contribution in [2.24, 2.45) is 5.73 Å². The molecule has 2 aliphatic heterocycles. The van der Waals surface area contributed by atoms with Crippen LogP contribution in [0.25, 0.3) is 0 Å². The van der Waals surface area contributed by atoms with E-state index in [2.05, 4.69) is 17.0 Å². The normalized spacial score (nSPS) is 20.3. The van der Waals surface area contributed by atoms with Crippen molar-refractivity contribution in [3.63, 3.8) is 0 Å². The highest BCUT2D eigenvalue weighted by Gasteiger charge is 2.22. The van der Waals surface area contributed by atoms with Gasteiger partial charge in [-0.25, -0.2) is 0 Å². The fourth-order valence-electron chi connectivity index (χ4n) is 2.84. The third kappa shape index (κ3) is 2.31. The molecule has 18 heavy (non-hydrogen) atoms. The summed E-state index contributed by atoms with van der Waals surface area (Å²) in [5.74, 6) is 2.42. The minimum absolute atomic E-state index is 0.355. The third-order valence-electron chi connectivity index (χ3n) is 3.90. The lowest BCUT2D eigenvalue weighted by molar-refractivity contribution is 0.174. The molecule has 98 valence electrons. The Kier molecular flexibility index (Phi) is 3.39. The first-order valence-corrected chi connectivity index (χ1v) is 6.69. The Balaban J connectivity index is 1.66. The molecule has 1 saturated heterocycles. The minimum atomic E-state index is 0.355. The van der Waals surface area contributed by atoms with Gasteiger partial charge in [-0.3, -0.25) is 0 Å². The van der Waals surface area contributed by atoms with Gasteiger partial charge in [-0.05, 0) is 49.5 Å². The average molecular weight is 248 g/mol. The van der Waals surface area contributed by atoms with E-state index in [9.17, 15) is 0 Å². The van der Waals surface area contributed by atoms with Gasteiger partial charge in [0.05, 0.1) is 0 Å². The van der Waals surface area contributed by atoms with E-state index >= 15 is 0 Å². The smallest absolute Gasteiger partial charge is 0.231 e. The summed E-state index contributed by atoms with van der Waals surface area (Å²) in [6.45, 7) is 4.43. The lowest BCUT2D eigenvalue weighted by Gasteiger charge is -2.31. The van der Waals surface area contributed by atoms with Crippen LogP contribution < -0.4 is 15.2 Å². The van der Waals surface area contributed by atoms with Crippen LogP contribution in [0.1, 0.15) is 24.3 Å². The Bertz CT molecular complexity index is 414. The highest BCUT2D eigenvalue weighted by Crippen LogP contribution is 2.37. The first kappa shape index (κ1) is 11.8. The molecule has 4 heteroatoms. The van der Waals surface area contributed by atoms with E-state index in [1.165, 1.54) is 18.4 Å². The Morgan fingerprint density at radius 2 is 1.94 bits per heavy atom. The molecule has 2 N–H and O–H groups in total. The summed E-state index contributed by atoms with van der Waals surface area (Å²) in [5, 5.41) is 0.